The predicted molar refractivity (Wildman–Crippen MR) is 93.3 cm³/mol. The third kappa shape index (κ3) is 6.31. The number of aryl methyl sites for hydroxylation is 1. The van der Waals surface area contributed by atoms with Gasteiger partial charge in [0.2, 0.25) is 0 Å². The second-order valence-electron chi connectivity index (χ2n) is 5.37. The van der Waals surface area contributed by atoms with Crippen LogP contribution in [0.5, 0.6) is 0 Å². The Hall–Kier alpha value is -1.42. The second-order valence-corrected chi connectivity index (χ2v) is 9.27. The van der Waals surface area contributed by atoms with Crippen LogP contribution in [-0.4, -0.2) is 39.2 Å². The molecular formula is C15H21F3NO6PS. The van der Waals surface area contributed by atoms with Crippen LogP contribution in [0.1, 0.15) is 26.3 Å². The fraction of sp³-hybridized carbons (Fsp3) is 0.533. The number of oxime groups is 1. The van der Waals surface area contributed by atoms with Gasteiger partial charge < -0.3 is 9.05 Å². The highest BCUT2D eigenvalue weighted by molar-refractivity contribution is 7.86. The van der Waals surface area contributed by atoms with Gasteiger partial charge in [-0.25, -0.2) is 0 Å². The quantitative estimate of drug-likeness (QED) is 0.329. The van der Waals surface area contributed by atoms with Crippen molar-refractivity contribution in [2.24, 2.45) is 5.16 Å². The minimum atomic E-state index is -5.12. The van der Waals surface area contributed by atoms with Crippen LogP contribution in [0.25, 0.3) is 0 Å². The second kappa shape index (κ2) is 9.18. The smallest absolute Gasteiger partial charge is 0.308 e. The molecule has 0 heterocycles. The van der Waals surface area contributed by atoms with Crippen LogP contribution < -0.4 is 0 Å². The summed E-state index contributed by atoms with van der Waals surface area (Å²) in [5, 5.41) is 2.77. The van der Waals surface area contributed by atoms with E-state index in [1.54, 1.807) is 6.92 Å². The van der Waals surface area contributed by atoms with Gasteiger partial charge in [0.25, 0.3) is 0 Å². The van der Waals surface area contributed by atoms with Gasteiger partial charge in [-0.3, -0.25) is 8.85 Å². The van der Waals surface area contributed by atoms with Crippen molar-refractivity contribution in [2.45, 2.75) is 44.4 Å². The Morgan fingerprint density at radius 1 is 1.15 bits per heavy atom. The van der Waals surface area contributed by atoms with Crippen molar-refractivity contribution < 1.29 is 39.5 Å². The van der Waals surface area contributed by atoms with Gasteiger partial charge in [-0.1, -0.05) is 22.9 Å². The highest BCUT2D eigenvalue weighted by atomic mass is 32.2. The maximum absolute atomic E-state index is 13.4. The lowest BCUT2D eigenvalue weighted by atomic mass is 10.2. The summed E-state index contributed by atoms with van der Waals surface area (Å²) in [7, 11) is -8.84. The van der Waals surface area contributed by atoms with E-state index in [0.717, 1.165) is 12.5 Å². The molecule has 0 aliphatic rings. The zero-order valence-electron chi connectivity index (χ0n) is 15.2. The number of halogens is 3. The van der Waals surface area contributed by atoms with E-state index in [2.05, 4.69) is 9.44 Å². The van der Waals surface area contributed by atoms with Crippen molar-refractivity contribution >= 4 is 23.4 Å². The maximum atomic E-state index is 13.4. The Bertz CT molecular complexity index is 798. The van der Waals surface area contributed by atoms with E-state index in [1.807, 2.05) is 0 Å². The van der Waals surface area contributed by atoms with E-state index in [4.69, 9.17) is 9.05 Å². The van der Waals surface area contributed by atoms with Crippen LogP contribution in [0.4, 0.5) is 13.2 Å². The van der Waals surface area contributed by atoms with Gasteiger partial charge in [0.1, 0.15) is 10.6 Å². The van der Waals surface area contributed by atoms with E-state index >= 15 is 0 Å². The first kappa shape index (κ1) is 23.6. The van der Waals surface area contributed by atoms with Crippen molar-refractivity contribution in [3.05, 3.63) is 29.8 Å². The summed E-state index contributed by atoms with van der Waals surface area (Å²) in [6.07, 6.45) is -5.12. The summed E-state index contributed by atoms with van der Waals surface area (Å²) >= 11 is 0. The lowest BCUT2D eigenvalue weighted by Gasteiger charge is -2.24. The first-order valence-corrected chi connectivity index (χ1v) is 10.9. The Labute approximate surface area is 156 Å². The molecule has 0 aliphatic heterocycles. The summed E-state index contributed by atoms with van der Waals surface area (Å²) in [4.78, 5) is -0.371. The number of hydrogen-bond acceptors (Lipinski definition) is 7. The first-order valence-electron chi connectivity index (χ1n) is 7.91. The molecule has 1 aromatic carbocycles. The number of rotatable bonds is 9. The number of hydrogen-bond donors (Lipinski definition) is 0. The summed E-state index contributed by atoms with van der Waals surface area (Å²) < 4.78 is 90.9. The summed E-state index contributed by atoms with van der Waals surface area (Å²) in [6.45, 7) is 5.14. The summed E-state index contributed by atoms with van der Waals surface area (Å²) in [6, 6.07) is 5.24. The van der Waals surface area contributed by atoms with Crippen molar-refractivity contribution in [2.75, 3.05) is 13.2 Å². The van der Waals surface area contributed by atoms with Gasteiger partial charge in [-0.15, -0.1) is 0 Å². The Morgan fingerprint density at radius 3 is 2.04 bits per heavy atom. The van der Waals surface area contributed by atoms with E-state index < -0.39 is 35.3 Å². The molecule has 7 nitrogen and oxygen atoms in total. The molecule has 0 amide bonds. The minimum Gasteiger partial charge on any atom is -0.308 e. The van der Waals surface area contributed by atoms with Crippen LogP contribution in [0.2, 0.25) is 0 Å². The standard InChI is InChI=1S/C15H21F3NO6PS/c1-5-23-26(20,24-6-2)12(4)14(15(16,17)18)19-25-27(21,22)13-9-7-11(3)8-10-13/h7-10,12H,5-6H2,1-4H3/b19-14-. The van der Waals surface area contributed by atoms with Gasteiger partial charge in [-0.05, 0) is 39.8 Å². The zero-order chi connectivity index (χ0) is 20.9. The van der Waals surface area contributed by atoms with Crippen LogP contribution in [-0.2, 0) is 28.0 Å². The predicted octanol–water partition coefficient (Wildman–Crippen LogP) is 4.27. The summed E-state index contributed by atoms with van der Waals surface area (Å²) in [5.41, 5.74) is -2.87. The van der Waals surface area contributed by atoms with Crippen molar-refractivity contribution in [3.8, 4) is 0 Å². The molecule has 1 rings (SSSR count). The molecule has 0 bridgehead atoms. The van der Waals surface area contributed by atoms with Crippen molar-refractivity contribution in [1.82, 2.24) is 0 Å². The minimum absolute atomic E-state index is 0.171. The molecule has 0 aliphatic carbocycles. The lowest BCUT2D eigenvalue weighted by Crippen LogP contribution is -2.34. The molecule has 0 fully saturated rings. The highest BCUT2D eigenvalue weighted by Crippen LogP contribution is 2.54. The van der Waals surface area contributed by atoms with Crippen LogP contribution in [0.3, 0.4) is 0 Å². The largest absolute Gasteiger partial charge is 0.433 e. The van der Waals surface area contributed by atoms with E-state index in [-0.39, 0.29) is 18.1 Å². The average molecular weight is 431 g/mol. The Kier molecular flexibility index (Phi) is 8.03. The molecule has 27 heavy (non-hydrogen) atoms. The van der Waals surface area contributed by atoms with Crippen LogP contribution >= 0.6 is 7.60 Å². The molecule has 0 radical (unpaired) electrons. The molecule has 0 N–H and O–H groups in total. The molecule has 0 spiro atoms. The Balaban J connectivity index is 3.27. The SMILES string of the molecule is CCOP(=O)(OCC)C(C)/C(=N/OS(=O)(=O)c1ccc(C)cc1)C(F)(F)F. The number of alkyl halides is 3. The normalized spacial score (nSPS) is 14.9. The molecule has 1 aromatic rings. The average Bonchev–Trinajstić information content (AvgIpc) is 2.54. The molecule has 154 valence electrons. The number of nitrogens with zero attached hydrogens (tertiary/aromatic N) is 1. The molecular weight excluding hydrogens is 410 g/mol. The molecule has 0 saturated heterocycles. The molecule has 12 heteroatoms. The van der Waals surface area contributed by atoms with Crippen LogP contribution in [0, 0.1) is 6.92 Å². The lowest BCUT2D eigenvalue weighted by molar-refractivity contribution is -0.0622. The summed E-state index contributed by atoms with van der Waals surface area (Å²) in [5.74, 6) is 0. The molecule has 1 unspecified atom stereocenters. The van der Waals surface area contributed by atoms with Crippen molar-refractivity contribution in [1.29, 1.82) is 0 Å². The fourth-order valence-corrected chi connectivity index (χ4v) is 4.44. The van der Waals surface area contributed by atoms with Gasteiger partial charge in [-0.2, -0.15) is 21.6 Å². The molecule has 1 atom stereocenters. The maximum Gasteiger partial charge on any atom is 0.433 e. The third-order valence-electron chi connectivity index (χ3n) is 3.32. The van der Waals surface area contributed by atoms with E-state index in [1.165, 1.54) is 38.1 Å². The first-order chi connectivity index (χ1) is 12.4. The van der Waals surface area contributed by atoms with Crippen molar-refractivity contribution in [3.63, 3.8) is 0 Å². The van der Waals surface area contributed by atoms with Gasteiger partial charge in [0.15, 0.2) is 5.71 Å². The molecule has 0 saturated carbocycles. The Morgan fingerprint density at radius 2 is 1.63 bits per heavy atom. The highest BCUT2D eigenvalue weighted by Gasteiger charge is 2.49. The fourth-order valence-electron chi connectivity index (χ4n) is 1.97. The third-order valence-corrected chi connectivity index (χ3v) is 6.87. The van der Waals surface area contributed by atoms with Gasteiger partial charge >= 0.3 is 23.9 Å². The number of benzene rings is 1. The molecule has 0 aromatic heterocycles. The topological polar surface area (TPSA) is 91.3 Å². The monoisotopic (exact) mass is 431 g/mol. The van der Waals surface area contributed by atoms with Crippen LogP contribution in [0.15, 0.2) is 34.3 Å². The zero-order valence-corrected chi connectivity index (χ0v) is 16.9. The van der Waals surface area contributed by atoms with Gasteiger partial charge in [0, 0.05) is 0 Å². The van der Waals surface area contributed by atoms with E-state index in [9.17, 15) is 26.2 Å². The van der Waals surface area contributed by atoms with E-state index in [0.29, 0.717) is 0 Å². The van der Waals surface area contributed by atoms with Gasteiger partial charge in [0.05, 0.1) is 13.2 Å².